The zero-order valence-corrected chi connectivity index (χ0v) is 20.0. The Bertz CT molecular complexity index is 1150. The van der Waals surface area contributed by atoms with E-state index in [-0.39, 0.29) is 0 Å². The van der Waals surface area contributed by atoms with E-state index in [1.807, 2.05) is 12.4 Å². The second-order valence-corrected chi connectivity index (χ2v) is 10.4. The van der Waals surface area contributed by atoms with Gasteiger partial charge in [-0.2, -0.15) is 0 Å². The Hall–Kier alpha value is -3.18. The van der Waals surface area contributed by atoms with Crippen molar-refractivity contribution in [1.29, 1.82) is 0 Å². The van der Waals surface area contributed by atoms with Crippen molar-refractivity contribution in [1.82, 2.24) is 25.3 Å². The molecule has 1 aliphatic heterocycles. The minimum atomic E-state index is 0.342. The predicted octanol–water partition coefficient (Wildman–Crippen LogP) is 6.71. The van der Waals surface area contributed by atoms with Gasteiger partial charge in [-0.25, -0.2) is 9.97 Å². The van der Waals surface area contributed by atoms with Crippen LogP contribution in [-0.4, -0.2) is 26.5 Å². The van der Waals surface area contributed by atoms with Crippen LogP contribution in [0.4, 0.5) is 0 Å². The average molecular weight is 452 g/mol. The Labute approximate surface area is 201 Å². The van der Waals surface area contributed by atoms with Crippen molar-refractivity contribution in [3.05, 3.63) is 72.6 Å². The summed E-state index contributed by atoms with van der Waals surface area (Å²) in [6.45, 7) is 5.69. The van der Waals surface area contributed by atoms with Gasteiger partial charge in [0, 0.05) is 5.92 Å². The van der Waals surface area contributed by atoms with Gasteiger partial charge in [0.25, 0.3) is 0 Å². The highest BCUT2D eigenvalue weighted by Gasteiger charge is 2.25. The molecule has 6 rings (SSSR count). The molecule has 1 saturated heterocycles. The summed E-state index contributed by atoms with van der Waals surface area (Å²) in [5.74, 6) is 4.30. The van der Waals surface area contributed by atoms with Gasteiger partial charge >= 0.3 is 0 Å². The average Bonchev–Trinajstić information content (AvgIpc) is 3.66. The van der Waals surface area contributed by atoms with Gasteiger partial charge in [-0.05, 0) is 66.3 Å². The number of rotatable bonds is 5. The van der Waals surface area contributed by atoms with E-state index in [1.54, 1.807) is 0 Å². The number of aromatic nitrogens is 4. The topological polar surface area (TPSA) is 69.4 Å². The van der Waals surface area contributed by atoms with Crippen LogP contribution in [0, 0.1) is 11.8 Å². The largest absolute Gasteiger partial charge is 0.342 e. The number of nitrogens with zero attached hydrogens (tertiary/aromatic N) is 2. The molecule has 3 heterocycles. The van der Waals surface area contributed by atoms with E-state index in [9.17, 15) is 0 Å². The highest BCUT2D eigenvalue weighted by atomic mass is 15.0. The summed E-state index contributed by atoms with van der Waals surface area (Å²) < 4.78 is 0. The van der Waals surface area contributed by atoms with Crippen LogP contribution in [0.15, 0.2) is 60.9 Å². The van der Waals surface area contributed by atoms with E-state index >= 15 is 0 Å². The molecule has 0 bridgehead atoms. The smallest absolute Gasteiger partial charge is 0.123 e. The molecule has 2 aromatic heterocycles. The molecular weight excluding hydrogens is 418 g/mol. The van der Waals surface area contributed by atoms with Crippen molar-refractivity contribution in [3.8, 4) is 33.6 Å². The van der Waals surface area contributed by atoms with E-state index in [1.165, 1.54) is 36.0 Å². The lowest BCUT2D eigenvalue weighted by Crippen LogP contribution is -2.14. The van der Waals surface area contributed by atoms with Crippen molar-refractivity contribution in [2.24, 2.45) is 11.8 Å². The molecule has 3 N–H and O–H groups in total. The van der Waals surface area contributed by atoms with Crippen LogP contribution in [0.1, 0.15) is 63.1 Å². The van der Waals surface area contributed by atoms with E-state index < -0.39 is 0 Å². The number of nitrogens with one attached hydrogen (secondary N) is 3. The molecule has 0 unspecified atom stereocenters. The standard InChI is InChI=1S/C29H33N5/c1-18-3-4-24(13-18)28-31-16-26(33-28)22-9-5-20(6-10-22)21-7-11-23(12-8-21)27-17-32-29(34-27)25-14-19(2)15-30-25/h5-12,16-19,24-25,30H,3-4,13-15H2,1-2H3,(H,31,33)(H,32,34)/t18-,19+,24+,25+/m1/s1. The third kappa shape index (κ3) is 4.21. The lowest BCUT2D eigenvalue weighted by molar-refractivity contribution is 0.588. The third-order valence-electron chi connectivity index (χ3n) is 7.68. The third-order valence-corrected chi connectivity index (χ3v) is 7.68. The molecule has 34 heavy (non-hydrogen) atoms. The first kappa shape index (κ1) is 21.4. The maximum absolute atomic E-state index is 4.69. The summed E-state index contributed by atoms with van der Waals surface area (Å²) in [7, 11) is 0. The van der Waals surface area contributed by atoms with Crippen LogP contribution in [-0.2, 0) is 0 Å². The van der Waals surface area contributed by atoms with E-state index in [2.05, 4.69) is 82.6 Å². The summed E-state index contributed by atoms with van der Waals surface area (Å²) in [5, 5.41) is 3.55. The Kier molecular flexibility index (Phi) is 5.58. The maximum Gasteiger partial charge on any atom is 0.123 e. The number of H-pyrrole nitrogens is 2. The number of aromatic amines is 2. The first-order valence-corrected chi connectivity index (χ1v) is 12.7. The van der Waals surface area contributed by atoms with Gasteiger partial charge in [0.05, 0.1) is 29.8 Å². The molecule has 4 atom stereocenters. The molecule has 0 amide bonds. The van der Waals surface area contributed by atoms with Gasteiger partial charge in [0.15, 0.2) is 0 Å². The maximum atomic E-state index is 4.69. The molecule has 0 radical (unpaired) electrons. The molecule has 5 nitrogen and oxygen atoms in total. The zero-order valence-electron chi connectivity index (χ0n) is 20.0. The van der Waals surface area contributed by atoms with Crippen LogP contribution >= 0.6 is 0 Å². The SMILES string of the molecule is C[C@@H]1CC[C@H](c2ncc(-c3ccc(-c4ccc(-c5cnc([C@@H]6C[C@H](C)CN6)[nH]5)cc4)cc3)[nH]2)C1. The minimum absolute atomic E-state index is 0.342. The molecule has 5 heteroatoms. The Morgan fingerprint density at radius 3 is 1.74 bits per heavy atom. The van der Waals surface area contributed by atoms with Crippen LogP contribution in [0.5, 0.6) is 0 Å². The highest BCUT2D eigenvalue weighted by molar-refractivity contribution is 5.71. The summed E-state index contributed by atoms with van der Waals surface area (Å²) in [4.78, 5) is 16.4. The Morgan fingerprint density at radius 1 is 0.647 bits per heavy atom. The molecular formula is C29H33N5. The van der Waals surface area contributed by atoms with E-state index in [0.29, 0.717) is 17.9 Å². The van der Waals surface area contributed by atoms with Gasteiger partial charge in [-0.1, -0.05) is 62.4 Å². The van der Waals surface area contributed by atoms with Gasteiger partial charge in [0.2, 0.25) is 0 Å². The van der Waals surface area contributed by atoms with E-state index in [4.69, 9.17) is 4.98 Å². The van der Waals surface area contributed by atoms with Crippen LogP contribution in [0.2, 0.25) is 0 Å². The first-order valence-electron chi connectivity index (χ1n) is 12.7. The molecule has 2 aromatic carbocycles. The normalized spacial score (nSPS) is 24.6. The number of benzene rings is 2. The fourth-order valence-electron chi connectivity index (χ4n) is 5.61. The van der Waals surface area contributed by atoms with Crippen LogP contribution in [0.3, 0.4) is 0 Å². The second kappa shape index (κ2) is 8.88. The molecule has 0 spiro atoms. The van der Waals surface area contributed by atoms with Gasteiger partial charge in [-0.15, -0.1) is 0 Å². The molecule has 174 valence electrons. The minimum Gasteiger partial charge on any atom is -0.342 e. The van der Waals surface area contributed by atoms with Crippen molar-refractivity contribution >= 4 is 0 Å². The molecule has 1 saturated carbocycles. The summed E-state index contributed by atoms with van der Waals surface area (Å²) in [6.07, 6.45) is 8.89. The predicted molar refractivity (Wildman–Crippen MR) is 137 cm³/mol. The van der Waals surface area contributed by atoms with Gasteiger partial charge in [-0.3, -0.25) is 0 Å². The van der Waals surface area contributed by atoms with Crippen molar-refractivity contribution in [2.75, 3.05) is 6.54 Å². The monoisotopic (exact) mass is 451 g/mol. The summed E-state index contributed by atoms with van der Waals surface area (Å²) in [5.41, 5.74) is 6.96. The van der Waals surface area contributed by atoms with Crippen molar-refractivity contribution < 1.29 is 0 Å². The first-order chi connectivity index (χ1) is 16.6. The lowest BCUT2D eigenvalue weighted by Gasteiger charge is -2.07. The number of hydrogen-bond acceptors (Lipinski definition) is 3. The quantitative estimate of drug-likeness (QED) is 0.316. The zero-order chi connectivity index (χ0) is 23.1. The Morgan fingerprint density at radius 2 is 1.21 bits per heavy atom. The van der Waals surface area contributed by atoms with Crippen LogP contribution in [0.25, 0.3) is 33.6 Å². The Balaban J connectivity index is 1.15. The molecule has 1 aliphatic carbocycles. The molecule has 4 aromatic rings. The van der Waals surface area contributed by atoms with E-state index in [0.717, 1.165) is 47.5 Å². The van der Waals surface area contributed by atoms with Gasteiger partial charge < -0.3 is 15.3 Å². The fraction of sp³-hybridized carbons (Fsp3) is 0.379. The summed E-state index contributed by atoms with van der Waals surface area (Å²) >= 11 is 0. The van der Waals surface area contributed by atoms with Crippen molar-refractivity contribution in [2.45, 2.75) is 51.5 Å². The number of hydrogen-bond donors (Lipinski definition) is 3. The molecule has 2 fully saturated rings. The van der Waals surface area contributed by atoms with Crippen molar-refractivity contribution in [3.63, 3.8) is 0 Å². The highest BCUT2D eigenvalue weighted by Crippen LogP contribution is 2.37. The van der Waals surface area contributed by atoms with Gasteiger partial charge in [0.1, 0.15) is 11.6 Å². The second-order valence-electron chi connectivity index (χ2n) is 10.4. The fourth-order valence-corrected chi connectivity index (χ4v) is 5.61. The lowest BCUT2D eigenvalue weighted by atomic mass is 10.0. The van der Waals surface area contributed by atoms with Crippen LogP contribution < -0.4 is 5.32 Å². The molecule has 2 aliphatic rings. The number of imidazole rings is 2. The summed E-state index contributed by atoms with van der Waals surface area (Å²) in [6, 6.07) is 17.8.